The van der Waals surface area contributed by atoms with E-state index < -0.39 is 0 Å². The number of hydrogen-bond donors (Lipinski definition) is 2. The van der Waals surface area contributed by atoms with Crippen molar-refractivity contribution in [2.75, 3.05) is 19.7 Å². The molecule has 0 bridgehead atoms. The summed E-state index contributed by atoms with van der Waals surface area (Å²) < 4.78 is 6.01. The monoisotopic (exact) mass is 435 g/mol. The van der Waals surface area contributed by atoms with Gasteiger partial charge < -0.3 is 15.4 Å². The average molecular weight is 435 g/mol. The van der Waals surface area contributed by atoms with Crippen molar-refractivity contribution >= 4 is 29.9 Å². The molecule has 4 nitrogen and oxygen atoms in total. The molecule has 0 amide bonds. The maximum Gasteiger partial charge on any atom is 0.191 e. The Labute approximate surface area is 158 Å². The van der Waals surface area contributed by atoms with Crippen molar-refractivity contribution < 1.29 is 4.74 Å². The molecule has 1 spiro atoms. The van der Waals surface area contributed by atoms with Crippen molar-refractivity contribution in [2.45, 2.75) is 77.4 Å². The van der Waals surface area contributed by atoms with Gasteiger partial charge in [-0.25, -0.2) is 0 Å². The number of nitrogens with zero attached hydrogens (tertiary/aromatic N) is 1. The van der Waals surface area contributed by atoms with Crippen LogP contribution in [0.3, 0.4) is 0 Å². The fraction of sp³-hybridized carbons (Fsp3) is 0.944. The van der Waals surface area contributed by atoms with Gasteiger partial charge in [0.25, 0.3) is 0 Å². The third kappa shape index (κ3) is 3.80. The summed E-state index contributed by atoms with van der Waals surface area (Å²) in [5.74, 6) is 1.74. The molecular weight excluding hydrogens is 401 g/mol. The Kier molecular flexibility index (Phi) is 7.45. The van der Waals surface area contributed by atoms with Crippen LogP contribution >= 0.6 is 24.0 Å². The summed E-state index contributed by atoms with van der Waals surface area (Å²) in [6, 6.07) is 0.585. The van der Waals surface area contributed by atoms with E-state index in [0.29, 0.717) is 23.5 Å². The van der Waals surface area contributed by atoms with Crippen LogP contribution in [0.4, 0.5) is 0 Å². The minimum Gasteiger partial charge on any atom is -0.377 e. The lowest BCUT2D eigenvalue weighted by Gasteiger charge is -2.63. The Balaban J connectivity index is 0.00000192. The van der Waals surface area contributed by atoms with Gasteiger partial charge in [-0.3, -0.25) is 4.99 Å². The van der Waals surface area contributed by atoms with Crippen molar-refractivity contribution in [1.82, 2.24) is 10.6 Å². The van der Waals surface area contributed by atoms with Crippen LogP contribution in [0.5, 0.6) is 0 Å². The average Bonchev–Trinajstić information content (AvgIpc) is 2.88. The SMILES string of the molecule is CCCCCCN=C(NCC)NC1C2CCOC2C12CCC2.I. The number of fused-ring (bicyclic) bond motifs is 2. The molecular formula is C18H34IN3O. The zero-order valence-corrected chi connectivity index (χ0v) is 17.1. The third-order valence-corrected chi connectivity index (χ3v) is 5.95. The first-order chi connectivity index (χ1) is 10.8. The van der Waals surface area contributed by atoms with Gasteiger partial charge >= 0.3 is 0 Å². The van der Waals surface area contributed by atoms with Crippen LogP contribution in [0.2, 0.25) is 0 Å². The molecule has 0 aromatic carbocycles. The second-order valence-electron chi connectivity index (χ2n) is 7.27. The first-order valence-corrected chi connectivity index (χ1v) is 9.48. The largest absolute Gasteiger partial charge is 0.377 e. The van der Waals surface area contributed by atoms with E-state index in [0.717, 1.165) is 25.7 Å². The summed E-state index contributed by atoms with van der Waals surface area (Å²) in [5.41, 5.74) is 0.430. The van der Waals surface area contributed by atoms with Gasteiger partial charge in [0, 0.05) is 37.1 Å². The lowest BCUT2D eigenvalue weighted by molar-refractivity contribution is -0.171. The number of rotatable bonds is 7. The quantitative estimate of drug-likeness (QED) is 0.278. The van der Waals surface area contributed by atoms with Gasteiger partial charge in [-0.15, -0.1) is 24.0 Å². The topological polar surface area (TPSA) is 45.7 Å². The molecule has 1 saturated heterocycles. The van der Waals surface area contributed by atoms with E-state index >= 15 is 0 Å². The standard InChI is InChI=1S/C18H33N3O.HI/c1-3-5-6-7-12-20-17(19-4-2)21-15-14-9-13-22-16(14)18(15)10-8-11-18;/h14-16H,3-13H2,1-2H3,(H2,19,20,21);1H. The molecule has 2 aliphatic carbocycles. The predicted octanol–water partition coefficient (Wildman–Crippen LogP) is 3.70. The lowest BCUT2D eigenvalue weighted by Crippen LogP contribution is -2.72. The molecule has 3 rings (SSSR count). The molecule has 1 aliphatic heterocycles. The first kappa shape index (κ1) is 19.3. The molecule has 2 N–H and O–H groups in total. The molecule has 1 heterocycles. The van der Waals surface area contributed by atoms with Gasteiger partial charge in [-0.1, -0.05) is 32.6 Å². The first-order valence-electron chi connectivity index (χ1n) is 9.48. The minimum atomic E-state index is 0. The van der Waals surface area contributed by atoms with E-state index in [1.165, 1.54) is 51.4 Å². The van der Waals surface area contributed by atoms with Crippen LogP contribution in [0.1, 0.15) is 65.2 Å². The Hall–Kier alpha value is -0.0400. The van der Waals surface area contributed by atoms with Gasteiger partial charge in [-0.2, -0.15) is 0 Å². The number of halogens is 1. The maximum absolute atomic E-state index is 6.01. The third-order valence-electron chi connectivity index (χ3n) is 5.95. The van der Waals surface area contributed by atoms with Gasteiger partial charge in [0.1, 0.15) is 0 Å². The molecule has 5 heteroatoms. The Morgan fingerprint density at radius 1 is 1.22 bits per heavy atom. The molecule has 0 radical (unpaired) electrons. The molecule has 2 saturated carbocycles. The van der Waals surface area contributed by atoms with E-state index in [1.54, 1.807) is 0 Å². The van der Waals surface area contributed by atoms with E-state index in [1.807, 2.05) is 0 Å². The molecule has 0 aromatic heterocycles. The second kappa shape index (κ2) is 8.88. The van der Waals surface area contributed by atoms with Crippen LogP contribution < -0.4 is 10.6 Å². The summed E-state index contributed by atoms with van der Waals surface area (Å²) in [7, 11) is 0. The highest BCUT2D eigenvalue weighted by molar-refractivity contribution is 14.0. The Bertz CT molecular complexity index is 398. The molecule has 3 aliphatic rings. The number of nitrogens with one attached hydrogen (secondary N) is 2. The summed E-state index contributed by atoms with van der Waals surface area (Å²) in [6.07, 6.45) is 10.9. The molecule has 0 aromatic rings. The van der Waals surface area contributed by atoms with Crippen molar-refractivity contribution in [2.24, 2.45) is 16.3 Å². The zero-order chi connectivity index (χ0) is 15.4. The number of ether oxygens (including phenoxy) is 1. The van der Waals surface area contributed by atoms with Gasteiger partial charge in [0.05, 0.1) is 6.10 Å². The van der Waals surface area contributed by atoms with Crippen LogP contribution in [0.15, 0.2) is 4.99 Å². The summed E-state index contributed by atoms with van der Waals surface area (Å²) >= 11 is 0. The smallest absolute Gasteiger partial charge is 0.191 e. The maximum atomic E-state index is 6.01. The summed E-state index contributed by atoms with van der Waals surface area (Å²) in [5, 5.41) is 7.20. The highest BCUT2D eigenvalue weighted by Gasteiger charge is 2.66. The van der Waals surface area contributed by atoms with E-state index in [2.05, 4.69) is 24.5 Å². The highest BCUT2D eigenvalue weighted by atomic mass is 127. The fourth-order valence-corrected chi connectivity index (χ4v) is 4.65. The number of hydrogen-bond acceptors (Lipinski definition) is 2. The van der Waals surface area contributed by atoms with Crippen LogP contribution in [0.25, 0.3) is 0 Å². The van der Waals surface area contributed by atoms with Crippen LogP contribution in [-0.4, -0.2) is 37.8 Å². The van der Waals surface area contributed by atoms with Crippen molar-refractivity contribution in [3.05, 3.63) is 0 Å². The molecule has 3 unspecified atom stereocenters. The van der Waals surface area contributed by atoms with Crippen molar-refractivity contribution in [3.8, 4) is 0 Å². The van der Waals surface area contributed by atoms with Crippen molar-refractivity contribution in [3.63, 3.8) is 0 Å². The molecule has 23 heavy (non-hydrogen) atoms. The minimum absolute atomic E-state index is 0. The highest BCUT2D eigenvalue weighted by Crippen LogP contribution is 2.62. The van der Waals surface area contributed by atoms with Crippen molar-refractivity contribution in [1.29, 1.82) is 0 Å². The lowest BCUT2D eigenvalue weighted by atomic mass is 9.46. The molecule has 3 fully saturated rings. The van der Waals surface area contributed by atoms with Crippen LogP contribution in [0, 0.1) is 11.3 Å². The van der Waals surface area contributed by atoms with Gasteiger partial charge in [0.2, 0.25) is 0 Å². The van der Waals surface area contributed by atoms with Gasteiger partial charge in [0.15, 0.2) is 5.96 Å². The number of aliphatic imine (C=N–C) groups is 1. The summed E-state index contributed by atoms with van der Waals surface area (Å²) in [6.45, 7) is 7.24. The van der Waals surface area contributed by atoms with Gasteiger partial charge in [-0.05, 0) is 32.6 Å². The Morgan fingerprint density at radius 2 is 2.04 bits per heavy atom. The number of unbranched alkanes of at least 4 members (excludes halogenated alkanes) is 3. The summed E-state index contributed by atoms with van der Waals surface area (Å²) in [4.78, 5) is 4.80. The van der Waals surface area contributed by atoms with E-state index in [-0.39, 0.29) is 24.0 Å². The molecule has 3 atom stereocenters. The van der Waals surface area contributed by atoms with Crippen LogP contribution in [-0.2, 0) is 4.74 Å². The van der Waals surface area contributed by atoms with E-state index in [9.17, 15) is 0 Å². The zero-order valence-electron chi connectivity index (χ0n) is 14.8. The second-order valence-corrected chi connectivity index (χ2v) is 7.27. The van der Waals surface area contributed by atoms with E-state index in [4.69, 9.17) is 9.73 Å². The Morgan fingerprint density at radius 3 is 2.70 bits per heavy atom. The molecule has 134 valence electrons. The fourth-order valence-electron chi connectivity index (χ4n) is 4.65. The number of guanidine groups is 1. The predicted molar refractivity (Wildman–Crippen MR) is 107 cm³/mol. The normalized spacial score (nSPS) is 30.9.